The summed E-state index contributed by atoms with van der Waals surface area (Å²) >= 11 is -0.126. The number of alkyl halides is 3. The van der Waals surface area contributed by atoms with Crippen LogP contribution in [-0.4, -0.2) is 20.1 Å². The number of hydrogen-bond acceptors (Lipinski definition) is 3. The van der Waals surface area contributed by atoms with Gasteiger partial charge in [0.1, 0.15) is 0 Å². The molecule has 0 amide bonds. The van der Waals surface area contributed by atoms with Crippen LogP contribution >= 0.6 is 11.8 Å². The van der Waals surface area contributed by atoms with Crippen LogP contribution in [0.2, 0.25) is 0 Å². The summed E-state index contributed by atoms with van der Waals surface area (Å²) in [6.45, 7) is 2.03. The van der Waals surface area contributed by atoms with E-state index < -0.39 is 5.51 Å². The number of nitrogens with zero attached hydrogens (tertiary/aromatic N) is 3. The summed E-state index contributed by atoms with van der Waals surface area (Å²) in [5.41, 5.74) is 1.07. The predicted octanol–water partition coefficient (Wildman–Crippen LogP) is 5.98. The molecule has 0 aliphatic rings. The number of aromatic nitrogens is 3. The van der Waals surface area contributed by atoms with Gasteiger partial charge < -0.3 is 0 Å². The van der Waals surface area contributed by atoms with Crippen LogP contribution in [0.5, 0.6) is 0 Å². The van der Waals surface area contributed by atoms with Crippen molar-refractivity contribution < 1.29 is 13.2 Å². The number of aryl methyl sites for hydroxylation is 1. The summed E-state index contributed by atoms with van der Waals surface area (Å²) < 4.78 is 39.1. The molecule has 0 N–H and O–H groups in total. The Bertz CT molecular complexity index is 1080. The van der Waals surface area contributed by atoms with Crippen LogP contribution in [0.4, 0.5) is 13.2 Å². The van der Waals surface area contributed by atoms with Crippen LogP contribution in [0.15, 0.2) is 72.0 Å². The molecule has 2 aromatic carbocycles. The van der Waals surface area contributed by atoms with Gasteiger partial charge in [0.2, 0.25) is 0 Å². The molecule has 0 aliphatic carbocycles. The molecule has 27 heavy (non-hydrogen) atoms. The Balaban J connectivity index is 1.66. The smallest absolute Gasteiger partial charge is 0.236 e. The summed E-state index contributed by atoms with van der Waals surface area (Å²) in [6, 6.07) is 14.3. The van der Waals surface area contributed by atoms with Crippen molar-refractivity contribution in [2.24, 2.45) is 0 Å². The lowest BCUT2D eigenvalue weighted by atomic mass is 10.1. The van der Waals surface area contributed by atoms with E-state index in [0.29, 0.717) is 5.65 Å². The highest BCUT2D eigenvalue weighted by Crippen LogP contribution is 2.37. The third-order valence-electron chi connectivity index (χ3n) is 4.14. The van der Waals surface area contributed by atoms with Crippen LogP contribution < -0.4 is 0 Å². The number of hydrogen-bond donors (Lipinski definition) is 0. The van der Waals surface area contributed by atoms with E-state index in [1.165, 1.54) is 17.7 Å². The van der Waals surface area contributed by atoms with Crippen molar-refractivity contribution in [2.75, 3.05) is 0 Å². The normalized spacial score (nSPS) is 11.9. The van der Waals surface area contributed by atoms with Crippen molar-refractivity contribution >= 4 is 17.4 Å². The molecular formula is C20H14F3N3S. The zero-order valence-corrected chi connectivity index (χ0v) is 15.1. The average molecular weight is 385 g/mol. The molecule has 7 heteroatoms. The van der Waals surface area contributed by atoms with E-state index >= 15 is 0 Å². The van der Waals surface area contributed by atoms with E-state index in [2.05, 4.69) is 10.1 Å². The van der Waals surface area contributed by atoms with Gasteiger partial charge in [-0.3, -0.25) is 0 Å². The minimum absolute atomic E-state index is 0.126. The number of thioether (sulfide) groups is 1. The first-order valence-corrected chi connectivity index (χ1v) is 8.97. The molecule has 4 rings (SSSR count). The molecule has 0 spiro atoms. The van der Waals surface area contributed by atoms with Crippen molar-refractivity contribution in [3.8, 4) is 22.3 Å². The second-order valence-corrected chi connectivity index (χ2v) is 7.25. The fourth-order valence-corrected chi connectivity index (χ4v) is 3.35. The highest BCUT2D eigenvalue weighted by Gasteiger charge is 2.29. The Morgan fingerprint density at radius 1 is 0.852 bits per heavy atom. The first-order chi connectivity index (χ1) is 12.9. The third kappa shape index (κ3) is 3.83. The molecule has 0 saturated carbocycles. The molecule has 136 valence electrons. The summed E-state index contributed by atoms with van der Waals surface area (Å²) in [5, 5.41) is 4.35. The van der Waals surface area contributed by atoms with Gasteiger partial charge in [-0.25, -0.2) is 9.50 Å². The van der Waals surface area contributed by atoms with Gasteiger partial charge in [0.15, 0.2) is 5.65 Å². The lowest BCUT2D eigenvalue weighted by Crippen LogP contribution is -1.98. The standard InChI is InChI=1S/C20H14F3N3S/c1-13-2-4-14(5-3-13)16-10-24-19-18(11-25-26(19)12-16)15-6-8-17(9-7-15)27-20(21,22)23/h2-12H,1H3. The van der Waals surface area contributed by atoms with Crippen molar-refractivity contribution in [3.05, 3.63) is 72.7 Å². The fraction of sp³-hybridized carbons (Fsp3) is 0.100. The molecule has 0 saturated heterocycles. The summed E-state index contributed by atoms with van der Waals surface area (Å²) in [5.74, 6) is 0. The molecule has 0 bridgehead atoms. The maximum Gasteiger partial charge on any atom is 0.446 e. The zero-order chi connectivity index (χ0) is 19.0. The van der Waals surface area contributed by atoms with Gasteiger partial charge in [0, 0.05) is 28.4 Å². The molecule has 2 heterocycles. The van der Waals surface area contributed by atoms with E-state index in [1.807, 2.05) is 37.4 Å². The van der Waals surface area contributed by atoms with E-state index in [4.69, 9.17) is 0 Å². The Labute approximate surface area is 157 Å². The van der Waals surface area contributed by atoms with Crippen molar-refractivity contribution in [3.63, 3.8) is 0 Å². The molecule has 4 aromatic rings. The molecular weight excluding hydrogens is 371 g/mol. The second kappa shape index (κ2) is 6.74. The van der Waals surface area contributed by atoms with Crippen LogP contribution in [0.3, 0.4) is 0 Å². The summed E-state index contributed by atoms with van der Waals surface area (Å²) in [6.07, 6.45) is 5.34. The van der Waals surface area contributed by atoms with Gasteiger partial charge in [-0.1, -0.05) is 42.0 Å². The fourth-order valence-electron chi connectivity index (χ4n) is 2.81. The topological polar surface area (TPSA) is 30.2 Å². The molecule has 0 unspecified atom stereocenters. The van der Waals surface area contributed by atoms with Gasteiger partial charge in [-0.05, 0) is 41.9 Å². The van der Waals surface area contributed by atoms with E-state index in [9.17, 15) is 13.2 Å². The molecule has 0 radical (unpaired) electrons. The Hall–Kier alpha value is -2.80. The van der Waals surface area contributed by atoms with Crippen LogP contribution in [-0.2, 0) is 0 Å². The van der Waals surface area contributed by atoms with E-state index in [1.54, 1.807) is 29.0 Å². The summed E-state index contributed by atoms with van der Waals surface area (Å²) in [4.78, 5) is 4.66. The number of rotatable bonds is 3. The summed E-state index contributed by atoms with van der Waals surface area (Å²) in [7, 11) is 0. The predicted molar refractivity (Wildman–Crippen MR) is 101 cm³/mol. The lowest BCUT2D eigenvalue weighted by molar-refractivity contribution is -0.0328. The van der Waals surface area contributed by atoms with E-state index in [0.717, 1.165) is 22.3 Å². The molecule has 0 fully saturated rings. The molecule has 0 aliphatic heterocycles. The van der Waals surface area contributed by atoms with Crippen LogP contribution in [0.25, 0.3) is 27.9 Å². The highest BCUT2D eigenvalue weighted by atomic mass is 32.2. The second-order valence-electron chi connectivity index (χ2n) is 6.11. The first-order valence-electron chi connectivity index (χ1n) is 8.16. The highest BCUT2D eigenvalue weighted by molar-refractivity contribution is 8.00. The number of fused-ring (bicyclic) bond motifs is 1. The minimum atomic E-state index is -4.29. The number of benzene rings is 2. The van der Waals surface area contributed by atoms with Crippen LogP contribution in [0, 0.1) is 6.92 Å². The lowest BCUT2D eigenvalue weighted by Gasteiger charge is -2.06. The Morgan fingerprint density at radius 2 is 1.52 bits per heavy atom. The van der Waals surface area contributed by atoms with Gasteiger partial charge in [-0.2, -0.15) is 18.3 Å². The number of halogens is 3. The van der Waals surface area contributed by atoms with Crippen LogP contribution in [0.1, 0.15) is 5.56 Å². The third-order valence-corrected chi connectivity index (χ3v) is 4.88. The van der Waals surface area contributed by atoms with Crippen molar-refractivity contribution in [1.29, 1.82) is 0 Å². The maximum atomic E-state index is 12.5. The molecule has 0 atom stereocenters. The van der Waals surface area contributed by atoms with Crippen molar-refractivity contribution in [2.45, 2.75) is 17.3 Å². The molecule has 3 nitrogen and oxygen atoms in total. The zero-order valence-electron chi connectivity index (χ0n) is 14.2. The van der Waals surface area contributed by atoms with Crippen molar-refractivity contribution in [1.82, 2.24) is 14.6 Å². The SMILES string of the molecule is Cc1ccc(-c2cnc3c(-c4ccc(SC(F)(F)F)cc4)cnn3c2)cc1. The van der Waals surface area contributed by atoms with Gasteiger partial charge in [0.25, 0.3) is 0 Å². The van der Waals surface area contributed by atoms with Gasteiger partial charge >= 0.3 is 5.51 Å². The monoisotopic (exact) mass is 385 g/mol. The van der Waals surface area contributed by atoms with Gasteiger partial charge in [-0.15, -0.1) is 0 Å². The first kappa shape index (κ1) is 17.6. The maximum absolute atomic E-state index is 12.5. The van der Waals surface area contributed by atoms with Gasteiger partial charge in [0.05, 0.1) is 6.20 Å². The minimum Gasteiger partial charge on any atom is -0.236 e. The average Bonchev–Trinajstić information content (AvgIpc) is 3.05. The quantitative estimate of drug-likeness (QED) is 0.406. The molecule has 2 aromatic heterocycles. The largest absolute Gasteiger partial charge is 0.446 e. The Morgan fingerprint density at radius 3 is 2.19 bits per heavy atom. The van der Waals surface area contributed by atoms with E-state index in [-0.39, 0.29) is 16.7 Å². The Kier molecular flexibility index (Phi) is 4.39.